The summed E-state index contributed by atoms with van der Waals surface area (Å²) < 4.78 is 187. The molecule has 4 rings (SSSR count). The number of phenolic OH excluding ortho intramolecular Hbond substituents is 1. The number of fused-ring (bicyclic) bond motifs is 1. The monoisotopic (exact) mass is 988 g/mol. The molecule has 0 aliphatic heterocycles. The van der Waals surface area contributed by atoms with Gasteiger partial charge in [-0.2, -0.15) is 43.9 Å². The Labute approximate surface area is 353 Å². The molecule has 62 heavy (non-hydrogen) atoms. The summed E-state index contributed by atoms with van der Waals surface area (Å²) in [6.45, 7) is -2.18. The van der Waals surface area contributed by atoms with E-state index in [-0.39, 0.29) is 28.4 Å². The van der Waals surface area contributed by atoms with Gasteiger partial charge >= 0.3 is 20.8 Å². The molecule has 0 aliphatic rings. The van der Waals surface area contributed by atoms with Crippen molar-refractivity contribution in [2.45, 2.75) is 14.7 Å². The molecule has 0 bridgehead atoms. The lowest BCUT2D eigenvalue weighted by Gasteiger charge is -2.17. The molecule has 0 fully saturated rings. The second-order valence-electron chi connectivity index (χ2n) is 12.4. The zero-order valence-electron chi connectivity index (χ0n) is 31.1. The first-order chi connectivity index (χ1) is 28.4. The van der Waals surface area contributed by atoms with E-state index in [2.05, 4.69) is 28.8 Å². The lowest BCUT2D eigenvalue weighted by Crippen LogP contribution is -2.32. The highest BCUT2D eigenvalue weighted by Gasteiger charge is 2.28. The van der Waals surface area contributed by atoms with E-state index in [1.807, 2.05) is 0 Å². The number of benzene rings is 4. The van der Waals surface area contributed by atoms with Gasteiger partial charge in [0.05, 0.1) is 57.8 Å². The lowest BCUT2D eigenvalue weighted by atomic mass is 10.1. The van der Waals surface area contributed by atoms with Crippen LogP contribution in [0.5, 0.6) is 5.75 Å². The topological polar surface area (TPSA) is 420 Å². The van der Waals surface area contributed by atoms with Crippen LogP contribution in [0.15, 0.2) is 95.8 Å². The summed E-state index contributed by atoms with van der Waals surface area (Å²) in [4.78, 5) is 11.5. The van der Waals surface area contributed by atoms with E-state index in [9.17, 15) is 69.5 Å². The molecule has 1 amide bonds. The van der Waals surface area contributed by atoms with Crippen LogP contribution in [-0.2, 0) is 69.1 Å². The Hall–Kier alpha value is -5.13. The minimum absolute atomic E-state index is 0.104. The van der Waals surface area contributed by atoms with Gasteiger partial charge in [-0.15, -0.1) is 10.2 Å². The Bertz CT molecular complexity index is 3160. The van der Waals surface area contributed by atoms with Crippen molar-refractivity contribution in [2.75, 3.05) is 49.8 Å². The summed E-state index contributed by atoms with van der Waals surface area (Å²) in [5.41, 5.74) is 3.23. The number of phenols is 1. The molecule has 32 heteroatoms. The second-order valence-corrected chi connectivity index (χ2v) is 21.8. The maximum absolute atomic E-state index is 13.1. The Balaban J connectivity index is 1.70. The molecule has 4 aromatic rings. The normalized spacial score (nSPS) is 13.3. The maximum atomic E-state index is 13.1. The van der Waals surface area contributed by atoms with Gasteiger partial charge in [0.25, 0.3) is 26.1 Å². The number of nitrogen functional groups attached to an aromatic ring is 1. The van der Waals surface area contributed by atoms with Crippen molar-refractivity contribution in [3.05, 3.63) is 66.2 Å². The van der Waals surface area contributed by atoms with Crippen LogP contribution in [0.1, 0.15) is 10.4 Å². The fourth-order valence-electron chi connectivity index (χ4n) is 5.07. The van der Waals surface area contributed by atoms with E-state index in [4.69, 9.17) is 14.8 Å². The number of anilines is 1. The van der Waals surface area contributed by atoms with E-state index in [0.717, 1.165) is 35.2 Å². The van der Waals surface area contributed by atoms with Crippen LogP contribution in [0.2, 0.25) is 0 Å². The van der Waals surface area contributed by atoms with Crippen LogP contribution in [0.4, 0.5) is 28.4 Å². The highest BCUT2D eigenvalue weighted by molar-refractivity contribution is 7.91. The number of azo groups is 2. The molecule has 0 spiro atoms. The molecule has 0 heterocycles. The molecule has 26 nitrogen and oxygen atoms in total. The lowest BCUT2D eigenvalue weighted by molar-refractivity contribution is 0.0803. The van der Waals surface area contributed by atoms with Gasteiger partial charge in [-0.3, -0.25) is 23.0 Å². The van der Waals surface area contributed by atoms with Gasteiger partial charge in [-0.05, 0) is 60.0 Å². The van der Waals surface area contributed by atoms with Crippen LogP contribution >= 0.6 is 0 Å². The molecule has 0 aromatic heterocycles. The van der Waals surface area contributed by atoms with Crippen molar-refractivity contribution in [1.29, 1.82) is 0 Å². The Morgan fingerprint density at radius 3 is 1.73 bits per heavy atom. The van der Waals surface area contributed by atoms with Crippen molar-refractivity contribution < 1.29 is 87.0 Å². The van der Waals surface area contributed by atoms with Crippen LogP contribution in [0.25, 0.3) is 10.8 Å². The van der Waals surface area contributed by atoms with E-state index in [1.165, 1.54) is 25.2 Å². The van der Waals surface area contributed by atoms with Gasteiger partial charge in [0.15, 0.2) is 25.4 Å². The fourth-order valence-corrected chi connectivity index (χ4v) is 9.38. The first kappa shape index (κ1) is 49.5. The van der Waals surface area contributed by atoms with E-state index < -0.39 is 140 Å². The minimum Gasteiger partial charge on any atom is -0.505 e. The highest BCUT2D eigenvalue weighted by atomic mass is 32.3. The first-order valence-corrected chi connectivity index (χ1v) is 25.5. The number of aromatic hydroxyl groups is 1. The predicted octanol–water partition coefficient (Wildman–Crippen LogP) is 2.35. The van der Waals surface area contributed by atoms with Gasteiger partial charge < -0.3 is 15.7 Å². The van der Waals surface area contributed by atoms with Crippen molar-refractivity contribution in [1.82, 2.24) is 4.90 Å². The molecular weight excluding hydrogens is 957 g/mol. The average molecular weight is 989 g/mol. The Morgan fingerprint density at radius 1 is 0.661 bits per heavy atom. The number of nitrogens with zero attached hydrogens (tertiary/aromatic N) is 5. The van der Waals surface area contributed by atoms with Crippen LogP contribution < -0.4 is 5.73 Å². The van der Waals surface area contributed by atoms with E-state index in [1.54, 1.807) is 0 Å². The number of nitrogens with two attached hydrogens (primary N) is 1. The molecule has 338 valence electrons. The largest absolute Gasteiger partial charge is 0.505 e. The van der Waals surface area contributed by atoms with E-state index in [0.29, 0.717) is 12.1 Å². The number of carbonyl (C=O) groups excluding carboxylic acids is 1. The molecule has 0 atom stereocenters. The third kappa shape index (κ3) is 13.4. The summed E-state index contributed by atoms with van der Waals surface area (Å²) in [6, 6.07) is 10.4. The van der Waals surface area contributed by atoms with Crippen molar-refractivity contribution >= 4 is 106 Å². The zero-order valence-corrected chi connectivity index (χ0v) is 36.0. The third-order valence-electron chi connectivity index (χ3n) is 7.99. The number of rotatable bonds is 19. The van der Waals surface area contributed by atoms with Crippen LogP contribution in [-0.4, -0.2) is 129 Å². The maximum Gasteiger partial charge on any atom is 0.397 e. The van der Waals surface area contributed by atoms with Crippen LogP contribution in [0.3, 0.4) is 0 Å². The predicted molar refractivity (Wildman–Crippen MR) is 214 cm³/mol. The molecule has 4 aromatic carbocycles. The van der Waals surface area contributed by atoms with Crippen molar-refractivity contribution in [3.8, 4) is 5.75 Å². The summed E-state index contributed by atoms with van der Waals surface area (Å²) in [5, 5.41) is 25.4. The van der Waals surface area contributed by atoms with Crippen LogP contribution in [0, 0.1) is 0 Å². The molecular formula is C30H32N6O20S6. The fraction of sp³-hybridized carbons (Fsp3) is 0.233. The number of carbonyl (C=O) groups is 1. The van der Waals surface area contributed by atoms with Gasteiger partial charge in [-0.1, -0.05) is 6.07 Å². The zero-order chi connectivity index (χ0) is 46.6. The number of amides is 1. The summed E-state index contributed by atoms with van der Waals surface area (Å²) >= 11 is 0. The third-order valence-corrected chi connectivity index (χ3v) is 13.9. The van der Waals surface area contributed by atoms with Crippen molar-refractivity contribution in [3.63, 3.8) is 0 Å². The van der Waals surface area contributed by atoms with Gasteiger partial charge in [0, 0.05) is 19.2 Å². The number of hydrogen-bond acceptors (Lipinski definition) is 21. The standard InChI is InChI=1S/C30H32N6O20S6/c1-36(9-12-57(39,40)13-10-55-61(49,50)51)30(38)18-3-2-4-21(15-18)33-35-28-24(60(46,47)48)17-19-16-23(59(43,44)45)27(26(31)25(19)29(28)37)34-32-20-5-7-22(8-6-20)58(41,42)14-11-56-62(52,53)54/h2-8,15-17,37H,9-14,31H2,1H3,(H,43,44,45)(H,46,47,48)(H,49,50,51)(H,52,53,54). The smallest absolute Gasteiger partial charge is 0.397 e. The molecule has 7 N–H and O–H groups in total. The van der Waals surface area contributed by atoms with Crippen molar-refractivity contribution in [2.24, 2.45) is 20.5 Å². The molecule has 0 radical (unpaired) electrons. The van der Waals surface area contributed by atoms with Gasteiger partial charge in [0.2, 0.25) is 0 Å². The minimum atomic E-state index is -5.32. The first-order valence-electron chi connectivity index (χ1n) is 16.4. The molecule has 0 saturated carbocycles. The second kappa shape index (κ2) is 18.7. The molecule has 0 saturated heterocycles. The number of hydrogen-bond donors (Lipinski definition) is 6. The summed E-state index contributed by atoms with van der Waals surface area (Å²) in [5.74, 6) is -4.19. The average Bonchev–Trinajstić information content (AvgIpc) is 3.14. The molecule has 0 aliphatic carbocycles. The van der Waals surface area contributed by atoms with E-state index >= 15 is 0 Å². The Morgan fingerprint density at radius 2 is 1.18 bits per heavy atom. The summed E-state index contributed by atoms with van der Waals surface area (Å²) in [6.07, 6.45) is 0. The SMILES string of the molecule is CN(CCS(=O)(=O)CCOS(=O)(=O)O)C(=O)c1cccc(N=Nc2c(S(=O)(=O)O)cc3cc(S(=O)(=O)O)c(N=Nc4ccc(S(=O)(=O)CCOS(=O)(=O)O)cc4)c(N)c3c2O)c1. The highest BCUT2D eigenvalue weighted by Crippen LogP contribution is 2.48. The molecule has 0 unspecified atom stereocenters. The Kier molecular flexibility index (Phi) is 14.9. The quantitative estimate of drug-likeness (QED) is 0.0446. The van der Waals surface area contributed by atoms with Gasteiger partial charge in [0.1, 0.15) is 21.2 Å². The summed E-state index contributed by atoms with van der Waals surface area (Å²) in [7, 11) is -27.3. The number of sulfone groups is 2. The van der Waals surface area contributed by atoms with Gasteiger partial charge in [-0.25, -0.2) is 25.2 Å².